The van der Waals surface area contributed by atoms with Crippen LogP contribution < -0.4 is 10.6 Å². The Morgan fingerprint density at radius 3 is 2.58 bits per heavy atom. The van der Waals surface area contributed by atoms with Crippen LogP contribution in [0.25, 0.3) is 11.4 Å². The van der Waals surface area contributed by atoms with Gasteiger partial charge in [-0.1, -0.05) is 41.4 Å². The van der Waals surface area contributed by atoms with E-state index in [1.54, 1.807) is 41.2 Å². The minimum atomic E-state index is -0.544. The molecule has 3 heterocycles. The van der Waals surface area contributed by atoms with Crippen LogP contribution in [-0.2, 0) is 4.79 Å². The van der Waals surface area contributed by atoms with Gasteiger partial charge in [-0.15, -0.1) is 5.10 Å². The lowest BCUT2D eigenvalue weighted by molar-refractivity contribution is -0.113. The molecule has 0 bridgehead atoms. The minimum absolute atomic E-state index is 0.294. The summed E-state index contributed by atoms with van der Waals surface area (Å²) in [6, 6.07) is 19.4. The first-order valence-electron chi connectivity index (χ1n) is 10.2. The quantitative estimate of drug-likeness (QED) is 0.401. The fraction of sp³-hybridized carbons (Fsp3) is 0.0833. The molecule has 33 heavy (non-hydrogen) atoms. The van der Waals surface area contributed by atoms with Crippen LogP contribution in [0, 0.1) is 0 Å². The Hall–Kier alpha value is -3.68. The van der Waals surface area contributed by atoms with Gasteiger partial charge in [-0.05, 0) is 61.0 Å². The van der Waals surface area contributed by atoms with Crippen molar-refractivity contribution in [2.45, 2.75) is 13.0 Å². The van der Waals surface area contributed by atoms with Crippen LogP contribution in [0.15, 0.2) is 84.2 Å². The molecule has 0 spiro atoms. The lowest BCUT2D eigenvalue weighted by Crippen LogP contribution is -2.31. The zero-order valence-corrected chi connectivity index (χ0v) is 19.0. The summed E-state index contributed by atoms with van der Waals surface area (Å²) >= 11 is 12.3. The van der Waals surface area contributed by atoms with Gasteiger partial charge in [0, 0.05) is 27.5 Å². The van der Waals surface area contributed by atoms with Gasteiger partial charge < -0.3 is 10.6 Å². The van der Waals surface area contributed by atoms with Crippen molar-refractivity contribution in [2.24, 2.45) is 0 Å². The van der Waals surface area contributed by atoms with Crippen LogP contribution >= 0.6 is 23.2 Å². The Kier molecular flexibility index (Phi) is 5.58. The SMILES string of the molecule is CC1=C(C(=O)Nc2ccccn2)C(c2cccc(Cl)c2)n2nc(-c3ccc(Cl)cc3)nc2N1. The van der Waals surface area contributed by atoms with Crippen molar-refractivity contribution in [1.29, 1.82) is 0 Å². The molecule has 4 aromatic rings. The minimum Gasteiger partial charge on any atom is -0.328 e. The molecule has 2 N–H and O–H groups in total. The van der Waals surface area contributed by atoms with Gasteiger partial charge in [0.1, 0.15) is 11.9 Å². The smallest absolute Gasteiger partial charge is 0.257 e. The molecule has 1 aliphatic heterocycles. The van der Waals surface area contributed by atoms with E-state index in [-0.39, 0.29) is 5.91 Å². The van der Waals surface area contributed by atoms with E-state index in [9.17, 15) is 4.79 Å². The van der Waals surface area contributed by atoms with Gasteiger partial charge in [-0.3, -0.25) is 4.79 Å². The van der Waals surface area contributed by atoms with Crippen LogP contribution in [0.2, 0.25) is 10.0 Å². The third-order valence-electron chi connectivity index (χ3n) is 5.27. The van der Waals surface area contributed by atoms with Crippen LogP contribution in [0.3, 0.4) is 0 Å². The average Bonchev–Trinajstić information content (AvgIpc) is 3.22. The number of hydrogen-bond acceptors (Lipinski definition) is 5. The average molecular weight is 477 g/mol. The molecule has 164 valence electrons. The molecule has 1 aliphatic rings. The Labute approximate surface area is 200 Å². The second-order valence-corrected chi connectivity index (χ2v) is 8.37. The molecular weight excluding hydrogens is 459 g/mol. The summed E-state index contributed by atoms with van der Waals surface area (Å²) in [5.41, 5.74) is 2.77. The van der Waals surface area contributed by atoms with Crippen LogP contribution in [0.1, 0.15) is 18.5 Å². The molecule has 1 atom stereocenters. The molecule has 0 saturated heterocycles. The number of hydrogen-bond donors (Lipinski definition) is 2. The number of amides is 1. The van der Waals surface area contributed by atoms with Crippen molar-refractivity contribution in [3.8, 4) is 11.4 Å². The molecule has 0 radical (unpaired) electrons. The topological polar surface area (TPSA) is 84.7 Å². The Morgan fingerprint density at radius 2 is 1.85 bits per heavy atom. The lowest BCUT2D eigenvalue weighted by atomic mass is 9.95. The van der Waals surface area contributed by atoms with Crippen LogP contribution in [0.4, 0.5) is 11.8 Å². The molecule has 7 nitrogen and oxygen atoms in total. The molecule has 1 amide bonds. The summed E-state index contributed by atoms with van der Waals surface area (Å²) in [5, 5.41) is 12.0. The van der Waals surface area contributed by atoms with Crippen molar-refractivity contribution >= 4 is 40.9 Å². The molecule has 0 aliphatic carbocycles. The highest BCUT2D eigenvalue weighted by Crippen LogP contribution is 2.37. The lowest BCUT2D eigenvalue weighted by Gasteiger charge is -2.28. The number of carbonyl (C=O) groups is 1. The predicted octanol–water partition coefficient (Wildman–Crippen LogP) is 5.57. The van der Waals surface area contributed by atoms with E-state index in [1.807, 2.05) is 43.3 Å². The van der Waals surface area contributed by atoms with Gasteiger partial charge in [0.05, 0.1) is 5.57 Å². The van der Waals surface area contributed by atoms with Gasteiger partial charge in [0.25, 0.3) is 5.91 Å². The number of halogens is 2. The number of allylic oxidation sites excluding steroid dienone is 1. The van der Waals surface area contributed by atoms with Gasteiger partial charge in [0.2, 0.25) is 5.95 Å². The van der Waals surface area contributed by atoms with Crippen molar-refractivity contribution in [1.82, 2.24) is 19.7 Å². The number of aromatic nitrogens is 4. The number of anilines is 2. The third-order valence-corrected chi connectivity index (χ3v) is 5.76. The first kappa shape index (κ1) is 21.2. The predicted molar refractivity (Wildman–Crippen MR) is 129 cm³/mol. The number of pyridine rings is 1. The molecule has 1 unspecified atom stereocenters. The first-order valence-corrected chi connectivity index (χ1v) is 10.9. The summed E-state index contributed by atoms with van der Waals surface area (Å²) in [6.07, 6.45) is 1.62. The van der Waals surface area contributed by atoms with Gasteiger partial charge in [-0.2, -0.15) is 4.98 Å². The highest BCUT2D eigenvalue weighted by molar-refractivity contribution is 6.30. The van der Waals surface area contributed by atoms with E-state index < -0.39 is 6.04 Å². The zero-order chi connectivity index (χ0) is 22.9. The molecule has 0 saturated carbocycles. The van der Waals surface area contributed by atoms with Crippen molar-refractivity contribution in [3.63, 3.8) is 0 Å². The van der Waals surface area contributed by atoms with Crippen LogP contribution in [0.5, 0.6) is 0 Å². The normalized spacial score (nSPS) is 15.1. The Balaban J connectivity index is 1.61. The standard InChI is InChI=1S/C24H18Cl2N6O/c1-14-20(23(33)29-19-7-2-3-12-27-19)21(16-5-4-6-18(26)13-16)32-24(28-14)30-22(31-32)15-8-10-17(25)11-9-15/h2-13,21H,1H3,(H,27,29,33)(H,28,30,31). The molecular formula is C24H18Cl2N6O. The number of fused-ring (bicyclic) bond motifs is 1. The van der Waals surface area contributed by atoms with E-state index >= 15 is 0 Å². The summed E-state index contributed by atoms with van der Waals surface area (Å²) in [4.78, 5) is 22.3. The maximum Gasteiger partial charge on any atom is 0.257 e. The second kappa shape index (κ2) is 8.69. The summed E-state index contributed by atoms with van der Waals surface area (Å²) in [5.74, 6) is 1.20. The maximum absolute atomic E-state index is 13.4. The maximum atomic E-state index is 13.4. The number of benzene rings is 2. The highest BCUT2D eigenvalue weighted by Gasteiger charge is 2.34. The summed E-state index contributed by atoms with van der Waals surface area (Å²) < 4.78 is 1.70. The fourth-order valence-corrected chi connectivity index (χ4v) is 4.10. The third kappa shape index (κ3) is 4.20. The van der Waals surface area contributed by atoms with E-state index in [0.717, 1.165) is 11.1 Å². The number of rotatable bonds is 4. The summed E-state index contributed by atoms with van der Waals surface area (Å²) in [6.45, 7) is 1.84. The second-order valence-electron chi connectivity index (χ2n) is 7.50. The molecule has 0 fully saturated rings. The molecule has 9 heteroatoms. The zero-order valence-electron chi connectivity index (χ0n) is 17.5. The van der Waals surface area contributed by atoms with E-state index in [0.29, 0.717) is 38.9 Å². The first-order chi connectivity index (χ1) is 16.0. The van der Waals surface area contributed by atoms with Gasteiger partial charge in [0.15, 0.2) is 5.82 Å². The number of carbonyl (C=O) groups excluding carboxylic acids is 1. The van der Waals surface area contributed by atoms with Gasteiger partial charge in [-0.25, -0.2) is 9.67 Å². The van der Waals surface area contributed by atoms with Crippen molar-refractivity contribution < 1.29 is 4.79 Å². The van der Waals surface area contributed by atoms with E-state index in [4.69, 9.17) is 28.3 Å². The summed E-state index contributed by atoms with van der Waals surface area (Å²) in [7, 11) is 0. The molecule has 2 aromatic heterocycles. The highest BCUT2D eigenvalue weighted by atomic mass is 35.5. The number of nitrogens with zero attached hydrogens (tertiary/aromatic N) is 4. The fourth-order valence-electron chi connectivity index (χ4n) is 3.77. The van der Waals surface area contributed by atoms with Crippen molar-refractivity contribution in [3.05, 3.63) is 99.8 Å². The Morgan fingerprint density at radius 1 is 1.03 bits per heavy atom. The number of nitrogens with one attached hydrogen (secondary N) is 2. The monoisotopic (exact) mass is 476 g/mol. The van der Waals surface area contributed by atoms with E-state index in [2.05, 4.69) is 20.6 Å². The Bertz CT molecular complexity index is 1370. The van der Waals surface area contributed by atoms with E-state index in [1.165, 1.54) is 0 Å². The van der Waals surface area contributed by atoms with Crippen LogP contribution in [-0.4, -0.2) is 25.7 Å². The molecule has 5 rings (SSSR count). The molecule has 2 aromatic carbocycles. The van der Waals surface area contributed by atoms with Crippen molar-refractivity contribution in [2.75, 3.05) is 10.6 Å². The van der Waals surface area contributed by atoms with Gasteiger partial charge >= 0.3 is 0 Å². The largest absolute Gasteiger partial charge is 0.328 e.